The summed E-state index contributed by atoms with van der Waals surface area (Å²) < 4.78 is 0. The van der Waals surface area contributed by atoms with Crippen molar-refractivity contribution in [2.75, 3.05) is 39.3 Å². The molecule has 0 bridgehead atoms. The quantitative estimate of drug-likeness (QED) is 0.0196. The Bertz CT molecular complexity index is 3960. The van der Waals surface area contributed by atoms with Crippen LogP contribution in [0.5, 0.6) is 0 Å². The second-order valence-electron chi connectivity index (χ2n) is 38.3. The van der Waals surface area contributed by atoms with E-state index in [0.717, 1.165) is 83.1 Å². The maximum absolute atomic E-state index is 13.8. The molecule has 14 nitrogen and oxygen atoms in total. The highest BCUT2D eigenvalue weighted by Gasteiger charge is 2.31. The van der Waals surface area contributed by atoms with Crippen LogP contribution in [0.25, 0.3) is 0 Å². The predicted molar refractivity (Wildman–Crippen MR) is 518 cm³/mol. The van der Waals surface area contributed by atoms with Crippen LogP contribution in [0.1, 0.15) is 325 Å². The van der Waals surface area contributed by atoms with Crippen molar-refractivity contribution in [1.82, 2.24) is 31.9 Å². The number of hydrogen-bond acceptors (Lipinski definition) is 8. The third kappa shape index (κ3) is 44.4. The fourth-order valence-electron chi connectivity index (χ4n) is 17.1. The molecule has 123 heavy (non-hydrogen) atoms. The number of carbonyl (C=O) groups excluding carboxylic acids is 8. The number of hydrogen-bond donors (Lipinski definition) is 6. The van der Waals surface area contributed by atoms with Crippen molar-refractivity contribution in [3.8, 4) is 0 Å². The molecule has 0 aromatic carbocycles. The van der Waals surface area contributed by atoms with Gasteiger partial charge in [0.25, 0.3) is 0 Å². The number of allylic oxidation sites excluding steroid dienone is 38. The van der Waals surface area contributed by atoms with Gasteiger partial charge >= 0.3 is 0 Å². The van der Waals surface area contributed by atoms with E-state index < -0.39 is 11.8 Å². The maximum atomic E-state index is 13.8. The van der Waals surface area contributed by atoms with Crippen LogP contribution in [0.2, 0.25) is 0 Å². The first-order valence-electron chi connectivity index (χ1n) is 46.6. The summed E-state index contributed by atoms with van der Waals surface area (Å²) in [7, 11) is 0. The van der Waals surface area contributed by atoms with Gasteiger partial charge in [-0.2, -0.15) is 0 Å². The molecule has 0 aromatic heterocycles. The highest BCUT2D eigenvalue weighted by atomic mass is 16.2. The number of ketones is 2. The predicted octanol–water partition coefficient (Wildman–Crippen LogP) is 24.8. The molecular formula is C109H162N6O8. The van der Waals surface area contributed by atoms with Gasteiger partial charge in [-0.25, -0.2) is 0 Å². The molecule has 0 saturated heterocycles. The summed E-state index contributed by atoms with van der Waals surface area (Å²) in [5.74, 6) is -2.27. The standard InChI is InChI=1S/C109H162N6O8/c1-80(56-60-96-88(9)48-36-64-106(96,13)14)40-31-44-84(5)74-94(116)78-92(52-23-29-70-112-102(120)76-86(7)46-33-42-82(3)58-62-98-90(11)50-38-66-108(98,17)18)104(122)114-72-27-21-25-68-110-100(118)54-35-55-101(119)111-69-26-22-28-73-115-105(123)93(79-95(117)75-85(6)45-32-41-81(2)57-61-97-89(10)49-37-65-107(97,15)16)53-24-30-71-113-103(121)77-87(8)47-34-43-83(4)59-63-99-91(12)51-39-67-109(99,19)20/h31-34,40-47,56-63,74-77,92-93H,21-30,35-39,48-55,64-73,78-79H2,1-20H3,(H,110,118)(H,111,119)(H,112,120)(H,113,121)(H,114,122)(H,115,123)/b44-31+,45-32+,46-33+,47-34+,60-56+,61-57+,62-58+,63-59+,80-40+,81-41+,82-42+,83-43+,84-74+,85-75+,86-76+,87-77+/t92-,93-/m1/s1. The molecule has 0 aromatic rings. The van der Waals surface area contributed by atoms with Gasteiger partial charge in [0.1, 0.15) is 0 Å². The maximum Gasteiger partial charge on any atom is 0.244 e. The van der Waals surface area contributed by atoms with Gasteiger partial charge in [0.05, 0.1) is 0 Å². The summed E-state index contributed by atoms with van der Waals surface area (Å²) in [4.78, 5) is 106. The molecule has 4 aliphatic carbocycles. The fraction of sp³-hybridized carbons (Fsp3) is 0.560. The van der Waals surface area contributed by atoms with E-state index in [4.69, 9.17) is 0 Å². The van der Waals surface area contributed by atoms with Gasteiger partial charge in [0.15, 0.2) is 11.6 Å². The van der Waals surface area contributed by atoms with Crippen molar-refractivity contribution < 1.29 is 38.4 Å². The van der Waals surface area contributed by atoms with E-state index in [1.54, 1.807) is 24.3 Å². The number of carbonyl (C=O) groups is 8. The van der Waals surface area contributed by atoms with Gasteiger partial charge in [0.2, 0.25) is 35.4 Å². The second-order valence-corrected chi connectivity index (χ2v) is 38.3. The van der Waals surface area contributed by atoms with Crippen LogP contribution >= 0.6 is 0 Å². The minimum atomic E-state index is -0.542. The summed E-state index contributed by atoms with van der Waals surface area (Å²) in [6.07, 6.45) is 71.0. The van der Waals surface area contributed by atoms with Gasteiger partial charge in [-0.3, -0.25) is 38.4 Å². The Morgan fingerprint density at radius 1 is 0.301 bits per heavy atom. The van der Waals surface area contributed by atoms with Gasteiger partial charge in [-0.1, -0.05) is 234 Å². The lowest BCUT2D eigenvalue weighted by Gasteiger charge is -2.33. The summed E-state index contributed by atoms with van der Waals surface area (Å²) in [6, 6.07) is 0. The molecule has 0 radical (unpaired) electrons. The molecular weight excluding hydrogens is 1520 g/mol. The monoisotopic (exact) mass is 1680 g/mol. The Labute approximate surface area is 745 Å². The zero-order chi connectivity index (χ0) is 91.0. The third-order valence-corrected chi connectivity index (χ3v) is 24.5. The molecule has 0 unspecified atom stereocenters. The van der Waals surface area contributed by atoms with Crippen LogP contribution in [0, 0.1) is 33.5 Å². The van der Waals surface area contributed by atoms with Crippen LogP contribution in [-0.2, 0) is 38.4 Å². The van der Waals surface area contributed by atoms with Crippen LogP contribution in [0.4, 0.5) is 0 Å². The van der Waals surface area contributed by atoms with Crippen molar-refractivity contribution in [1.29, 1.82) is 0 Å². The minimum absolute atomic E-state index is 0.0666. The molecule has 676 valence electrons. The van der Waals surface area contributed by atoms with Crippen LogP contribution < -0.4 is 31.9 Å². The molecule has 4 rings (SSSR count). The Hall–Kier alpha value is -9.04. The van der Waals surface area contributed by atoms with Gasteiger partial charge in [-0.15, -0.1) is 0 Å². The summed E-state index contributed by atoms with van der Waals surface area (Å²) in [6.45, 7) is 46.1. The normalized spacial score (nSPS) is 18.6. The van der Waals surface area contributed by atoms with Crippen molar-refractivity contribution in [2.45, 2.75) is 325 Å². The summed E-state index contributed by atoms with van der Waals surface area (Å²) in [5.41, 5.74) is 19.9. The van der Waals surface area contributed by atoms with E-state index in [-0.39, 0.29) is 94.4 Å². The summed E-state index contributed by atoms with van der Waals surface area (Å²) in [5, 5.41) is 18.1. The van der Waals surface area contributed by atoms with Crippen molar-refractivity contribution >= 4 is 47.0 Å². The Morgan fingerprint density at radius 2 is 0.553 bits per heavy atom. The van der Waals surface area contributed by atoms with Gasteiger partial charge in [0, 0.05) is 88.9 Å². The Balaban J connectivity index is 1.20. The van der Waals surface area contributed by atoms with E-state index in [0.29, 0.717) is 110 Å². The first kappa shape index (κ1) is 106. The van der Waals surface area contributed by atoms with Gasteiger partial charge in [-0.05, 0) is 309 Å². The summed E-state index contributed by atoms with van der Waals surface area (Å²) >= 11 is 0. The first-order chi connectivity index (χ1) is 58.3. The zero-order valence-corrected chi connectivity index (χ0v) is 80.0. The minimum Gasteiger partial charge on any atom is -0.356 e. The lowest BCUT2D eigenvalue weighted by Crippen LogP contribution is -2.33. The molecule has 6 N–H and O–H groups in total. The van der Waals surface area contributed by atoms with Gasteiger partial charge < -0.3 is 31.9 Å². The largest absolute Gasteiger partial charge is 0.356 e. The smallest absolute Gasteiger partial charge is 0.244 e. The molecule has 14 heteroatoms. The Kier molecular flexibility index (Phi) is 49.0. The number of nitrogens with one attached hydrogen (secondary N) is 6. The molecule has 2 atom stereocenters. The molecule has 6 amide bonds. The van der Waals surface area contributed by atoms with Crippen LogP contribution in [-0.4, -0.2) is 86.3 Å². The molecule has 4 aliphatic rings. The molecule has 0 aliphatic heterocycles. The lowest BCUT2D eigenvalue weighted by atomic mass is 9.72. The molecule has 0 fully saturated rings. The van der Waals surface area contributed by atoms with Crippen molar-refractivity contribution in [2.24, 2.45) is 33.5 Å². The van der Waals surface area contributed by atoms with E-state index >= 15 is 0 Å². The third-order valence-electron chi connectivity index (χ3n) is 24.5. The van der Waals surface area contributed by atoms with Crippen molar-refractivity contribution in [3.63, 3.8) is 0 Å². The highest BCUT2D eigenvalue weighted by Crippen LogP contribution is 2.44. The topological polar surface area (TPSA) is 209 Å². The van der Waals surface area contributed by atoms with E-state index in [9.17, 15) is 38.4 Å². The lowest BCUT2D eigenvalue weighted by molar-refractivity contribution is -0.128. The second kappa shape index (κ2) is 56.7. The fourth-order valence-corrected chi connectivity index (χ4v) is 17.1. The number of rotatable bonds is 52. The average Bonchev–Trinajstić information content (AvgIpc) is 0.836. The van der Waals surface area contributed by atoms with E-state index in [1.807, 2.05) is 88.5 Å². The van der Waals surface area contributed by atoms with E-state index in [1.165, 1.54) is 96.0 Å². The molecule has 0 spiro atoms. The van der Waals surface area contributed by atoms with E-state index in [2.05, 4.69) is 203 Å². The number of unbranched alkanes of at least 4 members (excludes halogenated alkanes) is 6. The average molecular weight is 1680 g/mol. The molecule has 0 saturated carbocycles. The highest BCUT2D eigenvalue weighted by molar-refractivity contribution is 5.95. The van der Waals surface area contributed by atoms with Crippen LogP contribution in [0.15, 0.2) is 235 Å². The Morgan fingerprint density at radius 3 is 0.829 bits per heavy atom. The molecule has 0 heterocycles. The first-order valence-corrected chi connectivity index (χ1v) is 46.6. The zero-order valence-electron chi connectivity index (χ0n) is 80.0. The number of amides is 6. The SMILES string of the molecule is CC1=C(/C=C/C(C)=C/C=C/C(C)=C/C(=O)C[C@@H](CCCCNC(=O)/C=C(C)/C=C/C=C(C)/C=C/C2=C(C)CCCC2(C)C)C(=O)NCCCCCNC(=O)CCCC(=O)NCCCCCNC(=O)[C@H](CCCCNC(=O)/C=C(C)/C=C/C=C(C)/C=C/C2=C(C)CCCC2(C)C)CC(=O)/C=C(C)/C=C/C=C(C)/C=C/C2=C(C)CCCC2(C)C)C(C)(C)CCC1. The van der Waals surface area contributed by atoms with Crippen molar-refractivity contribution in [3.05, 3.63) is 235 Å². The van der Waals surface area contributed by atoms with Crippen LogP contribution in [0.3, 0.4) is 0 Å².